The van der Waals surface area contributed by atoms with Gasteiger partial charge in [-0.2, -0.15) is 0 Å². The highest BCUT2D eigenvalue weighted by Gasteiger charge is 2.25. The number of nitrogens with zero attached hydrogens (tertiary/aromatic N) is 5. The maximum Gasteiger partial charge on any atom is 0.122 e. The summed E-state index contributed by atoms with van der Waals surface area (Å²) in [6.45, 7) is 10.9. The summed E-state index contributed by atoms with van der Waals surface area (Å²) in [5.41, 5.74) is 2.23. The van der Waals surface area contributed by atoms with E-state index in [2.05, 4.69) is 55.7 Å². The lowest BCUT2D eigenvalue weighted by atomic mass is 10.1. The van der Waals surface area contributed by atoms with Crippen LogP contribution in [0.1, 0.15) is 17.2 Å². The molecule has 0 N–H and O–H groups in total. The molecule has 2 aromatic rings. The molecule has 1 saturated heterocycles. The van der Waals surface area contributed by atoms with Crippen LogP contribution in [0.4, 0.5) is 0 Å². The fraction of sp³-hybridized carbons (Fsp3) is 0.579. The second-order valence-corrected chi connectivity index (χ2v) is 7.21. The van der Waals surface area contributed by atoms with E-state index in [4.69, 9.17) is 4.74 Å². The van der Waals surface area contributed by atoms with Gasteiger partial charge in [-0.25, -0.2) is 4.98 Å². The van der Waals surface area contributed by atoms with Gasteiger partial charge in [-0.05, 0) is 19.1 Å². The van der Waals surface area contributed by atoms with Gasteiger partial charge in [0.2, 0.25) is 0 Å². The van der Waals surface area contributed by atoms with E-state index in [1.54, 1.807) is 0 Å². The summed E-state index contributed by atoms with van der Waals surface area (Å²) in [6.07, 6.45) is 4.05. The SMILES string of the molecule is Cc1cccc(CN2Cc3nccn3CC(CN3CCOCC3)C2)n1. The van der Waals surface area contributed by atoms with E-state index in [0.717, 1.165) is 76.2 Å². The van der Waals surface area contributed by atoms with Crippen molar-refractivity contribution in [2.45, 2.75) is 26.6 Å². The molecule has 0 spiro atoms. The molecule has 0 aromatic carbocycles. The summed E-state index contributed by atoms with van der Waals surface area (Å²) in [5.74, 6) is 1.76. The average Bonchev–Trinajstić information content (AvgIpc) is 2.96. The Bertz CT molecular complexity index is 695. The van der Waals surface area contributed by atoms with Crippen LogP contribution < -0.4 is 0 Å². The van der Waals surface area contributed by atoms with E-state index in [1.807, 2.05) is 6.20 Å². The van der Waals surface area contributed by atoms with Gasteiger partial charge in [-0.15, -0.1) is 0 Å². The van der Waals surface area contributed by atoms with Gasteiger partial charge in [-0.1, -0.05) is 6.07 Å². The van der Waals surface area contributed by atoms with E-state index in [1.165, 1.54) is 0 Å². The van der Waals surface area contributed by atoms with Crippen molar-refractivity contribution < 1.29 is 4.74 Å². The van der Waals surface area contributed by atoms with Gasteiger partial charge in [-0.3, -0.25) is 14.8 Å². The summed E-state index contributed by atoms with van der Waals surface area (Å²) in [5, 5.41) is 0. The zero-order valence-corrected chi connectivity index (χ0v) is 15.0. The number of pyridine rings is 1. The first-order valence-corrected chi connectivity index (χ1v) is 9.21. The molecule has 1 fully saturated rings. The number of fused-ring (bicyclic) bond motifs is 1. The molecule has 0 bridgehead atoms. The fourth-order valence-corrected chi connectivity index (χ4v) is 3.92. The Morgan fingerprint density at radius 1 is 1.16 bits per heavy atom. The minimum absolute atomic E-state index is 0.596. The maximum atomic E-state index is 5.49. The highest BCUT2D eigenvalue weighted by molar-refractivity contribution is 5.10. The predicted molar refractivity (Wildman–Crippen MR) is 96.1 cm³/mol. The van der Waals surface area contributed by atoms with Crippen LogP contribution in [-0.4, -0.2) is 63.7 Å². The predicted octanol–water partition coefficient (Wildman–Crippen LogP) is 1.55. The summed E-state index contributed by atoms with van der Waals surface area (Å²) < 4.78 is 7.82. The first-order valence-electron chi connectivity index (χ1n) is 9.21. The van der Waals surface area contributed by atoms with Crippen molar-refractivity contribution >= 4 is 0 Å². The number of morpholine rings is 1. The molecule has 1 unspecified atom stereocenters. The molecule has 0 radical (unpaired) electrons. The van der Waals surface area contributed by atoms with Crippen LogP contribution in [0.15, 0.2) is 30.6 Å². The van der Waals surface area contributed by atoms with Gasteiger partial charge in [0.25, 0.3) is 0 Å². The molecule has 2 aliphatic rings. The fourth-order valence-electron chi connectivity index (χ4n) is 3.92. The molecule has 2 aromatic heterocycles. The summed E-state index contributed by atoms with van der Waals surface area (Å²) in [7, 11) is 0. The van der Waals surface area contributed by atoms with Crippen molar-refractivity contribution in [3.8, 4) is 0 Å². The first-order chi connectivity index (χ1) is 12.3. The Kier molecular flexibility index (Phi) is 5.10. The molecule has 0 amide bonds. The van der Waals surface area contributed by atoms with Gasteiger partial charge in [0, 0.05) is 63.3 Å². The van der Waals surface area contributed by atoms with E-state index in [0.29, 0.717) is 5.92 Å². The summed E-state index contributed by atoms with van der Waals surface area (Å²) in [6, 6.07) is 6.28. The van der Waals surface area contributed by atoms with Gasteiger partial charge >= 0.3 is 0 Å². The minimum Gasteiger partial charge on any atom is -0.379 e. The molecule has 134 valence electrons. The lowest BCUT2D eigenvalue weighted by Crippen LogP contribution is -2.42. The highest BCUT2D eigenvalue weighted by Crippen LogP contribution is 2.19. The molecular weight excluding hydrogens is 314 g/mol. The van der Waals surface area contributed by atoms with Gasteiger partial charge in [0.1, 0.15) is 5.82 Å². The quantitative estimate of drug-likeness (QED) is 0.844. The third kappa shape index (κ3) is 4.26. The Morgan fingerprint density at radius 3 is 2.88 bits per heavy atom. The zero-order valence-electron chi connectivity index (χ0n) is 15.0. The molecule has 6 heteroatoms. The highest BCUT2D eigenvalue weighted by atomic mass is 16.5. The van der Waals surface area contributed by atoms with E-state index < -0.39 is 0 Å². The van der Waals surface area contributed by atoms with E-state index in [-0.39, 0.29) is 0 Å². The number of rotatable bonds is 4. The van der Waals surface area contributed by atoms with E-state index in [9.17, 15) is 0 Å². The van der Waals surface area contributed by atoms with E-state index >= 15 is 0 Å². The molecule has 1 atom stereocenters. The third-order valence-corrected chi connectivity index (χ3v) is 5.09. The second kappa shape index (κ2) is 7.64. The number of hydrogen-bond acceptors (Lipinski definition) is 5. The Hall–Kier alpha value is -1.76. The van der Waals surface area contributed by atoms with Crippen molar-refractivity contribution in [1.29, 1.82) is 0 Å². The van der Waals surface area contributed by atoms with Crippen LogP contribution in [-0.2, 0) is 24.4 Å². The number of aryl methyl sites for hydroxylation is 1. The maximum absolute atomic E-state index is 5.49. The topological polar surface area (TPSA) is 46.4 Å². The van der Waals surface area contributed by atoms with Crippen LogP contribution >= 0.6 is 0 Å². The number of ether oxygens (including phenoxy) is 1. The van der Waals surface area contributed by atoms with Crippen LogP contribution in [0, 0.1) is 12.8 Å². The van der Waals surface area contributed by atoms with Crippen molar-refractivity contribution in [2.24, 2.45) is 5.92 Å². The summed E-state index contributed by atoms with van der Waals surface area (Å²) in [4.78, 5) is 14.3. The van der Waals surface area contributed by atoms with Crippen molar-refractivity contribution in [3.05, 3.63) is 47.8 Å². The van der Waals surface area contributed by atoms with Gasteiger partial charge < -0.3 is 9.30 Å². The average molecular weight is 341 g/mol. The van der Waals surface area contributed by atoms with Crippen molar-refractivity contribution in [1.82, 2.24) is 24.3 Å². The molecular formula is C19H27N5O. The molecule has 0 saturated carbocycles. The molecule has 2 aliphatic heterocycles. The first kappa shape index (κ1) is 16.7. The lowest BCUT2D eigenvalue weighted by Gasteiger charge is -2.31. The molecule has 0 aliphatic carbocycles. The standard InChI is InChI=1S/C19H27N5O/c1-16-3-2-4-18(21-16)14-23-12-17(11-22-7-9-25-10-8-22)13-24-6-5-20-19(24)15-23/h2-6,17H,7-15H2,1H3. The number of imidazole rings is 1. The molecule has 6 nitrogen and oxygen atoms in total. The third-order valence-electron chi connectivity index (χ3n) is 5.09. The van der Waals surface area contributed by atoms with Crippen LogP contribution in [0.25, 0.3) is 0 Å². The lowest BCUT2D eigenvalue weighted by molar-refractivity contribution is 0.0265. The smallest absolute Gasteiger partial charge is 0.122 e. The van der Waals surface area contributed by atoms with Crippen molar-refractivity contribution in [3.63, 3.8) is 0 Å². The molecule has 4 rings (SSSR count). The van der Waals surface area contributed by atoms with Gasteiger partial charge in [0.05, 0.1) is 25.5 Å². The number of aromatic nitrogens is 3. The summed E-state index contributed by atoms with van der Waals surface area (Å²) >= 11 is 0. The molecule has 4 heterocycles. The zero-order chi connectivity index (χ0) is 17.1. The van der Waals surface area contributed by atoms with Gasteiger partial charge in [0.15, 0.2) is 0 Å². The van der Waals surface area contributed by atoms with Crippen LogP contribution in [0.3, 0.4) is 0 Å². The second-order valence-electron chi connectivity index (χ2n) is 7.21. The monoisotopic (exact) mass is 341 g/mol. The Balaban J connectivity index is 1.48. The van der Waals surface area contributed by atoms with Crippen molar-refractivity contribution in [2.75, 3.05) is 39.4 Å². The Labute approximate surface area is 149 Å². The minimum atomic E-state index is 0.596. The van der Waals surface area contributed by atoms with Crippen LogP contribution in [0.2, 0.25) is 0 Å². The number of hydrogen-bond donors (Lipinski definition) is 0. The molecule has 25 heavy (non-hydrogen) atoms. The normalized spacial score (nSPS) is 22.5. The Morgan fingerprint density at radius 2 is 2.04 bits per heavy atom. The largest absolute Gasteiger partial charge is 0.379 e. The van der Waals surface area contributed by atoms with Crippen LogP contribution in [0.5, 0.6) is 0 Å².